The number of hydrogen-bond acceptors (Lipinski definition) is 7. The SMILES string of the molecule is O=C(COC(=O)CSc1nc2ccccc2o1)NC(=O)NCCC1=CCCCC1. The monoisotopic (exact) mass is 417 g/mol. The van der Waals surface area contributed by atoms with Crippen molar-refractivity contribution >= 4 is 40.8 Å². The predicted molar refractivity (Wildman–Crippen MR) is 108 cm³/mol. The molecule has 0 radical (unpaired) electrons. The third-order valence-corrected chi connectivity index (χ3v) is 5.12. The van der Waals surface area contributed by atoms with Gasteiger partial charge in [-0.15, -0.1) is 0 Å². The zero-order valence-corrected chi connectivity index (χ0v) is 16.8. The van der Waals surface area contributed by atoms with Gasteiger partial charge in [-0.1, -0.05) is 35.5 Å². The lowest BCUT2D eigenvalue weighted by molar-refractivity contribution is -0.145. The number of hydrogen-bond donors (Lipinski definition) is 2. The molecule has 3 rings (SSSR count). The number of benzene rings is 1. The number of allylic oxidation sites excluding steroid dienone is 1. The quantitative estimate of drug-likeness (QED) is 0.385. The van der Waals surface area contributed by atoms with Crippen LogP contribution >= 0.6 is 11.8 Å². The van der Waals surface area contributed by atoms with Gasteiger partial charge < -0.3 is 14.5 Å². The molecule has 1 heterocycles. The largest absolute Gasteiger partial charge is 0.455 e. The number of thioether (sulfide) groups is 1. The maximum atomic E-state index is 11.8. The highest BCUT2D eigenvalue weighted by Crippen LogP contribution is 2.23. The molecule has 0 saturated carbocycles. The number of nitrogens with zero attached hydrogens (tertiary/aromatic N) is 1. The van der Waals surface area contributed by atoms with Crippen LogP contribution in [0.3, 0.4) is 0 Å². The normalized spacial score (nSPS) is 13.6. The lowest BCUT2D eigenvalue weighted by Crippen LogP contribution is -2.41. The minimum absolute atomic E-state index is 0.0542. The zero-order valence-electron chi connectivity index (χ0n) is 15.9. The van der Waals surface area contributed by atoms with Crippen molar-refractivity contribution in [3.63, 3.8) is 0 Å². The summed E-state index contributed by atoms with van der Waals surface area (Å²) in [4.78, 5) is 39.4. The highest BCUT2D eigenvalue weighted by molar-refractivity contribution is 7.99. The van der Waals surface area contributed by atoms with Gasteiger partial charge in [-0.05, 0) is 44.2 Å². The Morgan fingerprint density at radius 3 is 2.86 bits per heavy atom. The molecule has 2 N–H and O–H groups in total. The highest BCUT2D eigenvalue weighted by atomic mass is 32.2. The summed E-state index contributed by atoms with van der Waals surface area (Å²) in [5, 5.41) is 5.12. The molecule has 9 heteroatoms. The zero-order chi connectivity index (χ0) is 20.5. The maximum Gasteiger partial charge on any atom is 0.321 e. The minimum Gasteiger partial charge on any atom is -0.455 e. The summed E-state index contributed by atoms with van der Waals surface area (Å²) in [6, 6.07) is 6.67. The number of rotatable bonds is 8. The van der Waals surface area contributed by atoms with E-state index in [0.29, 0.717) is 22.9 Å². The average Bonchev–Trinajstić information content (AvgIpc) is 3.14. The lowest BCUT2D eigenvalue weighted by Gasteiger charge is -2.13. The summed E-state index contributed by atoms with van der Waals surface area (Å²) in [6.07, 6.45) is 7.57. The molecule has 3 amide bonds. The van der Waals surface area contributed by atoms with E-state index in [0.717, 1.165) is 31.0 Å². The molecular formula is C20H23N3O5S. The van der Waals surface area contributed by atoms with Crippen molar-refractivity contribution in [3.8, 4) is 0 Å². The van der Waals surface area contributed by atoms with Crippen LogP contribution < -0.4 is 10.6 Å². The van der Waals surface area contributed by atoms with E-state index in [-0.39, 0.29) is 5.75 Å². The Hall–Kier alpha value is -2.81. The molecule has 0 atom stereocenters. The summed E-state index contributed by atoms with van der Waals surface area (Å²) in [5.74, 6) is -1.34. The Morgan fingerprint density at radius 2 is 2.07 bits per heavy atom. The van der Waals surface area contributed by atoms with Crippen LogP contribution in [0.5, 0.6) is 0 Å². The van der Waals surface area contributed by atoms with Crippen LogP contribution in [0, 0.1) is 0 Å². The Balaban J connectivity index is 1.29. The molecule has 0 bridgehead atoms. The van der Waals surface area contributed by atoms with Crippen LogP contribution in [-0.4, -0.2) is 41.8 Å². The number of fused-ring (bicyclic) bond motifs is 1. The summed E-state index contributed by atoms with van der Waals surface area (Å²) >= 11 is 1.08. The first kappa shape index (κ1) is 20.9. The Labute approximate surface area is 172 Å². The van der Waals surface area contributed by atoms with E-state index >= 15 is 0 Å². The summed E-state index contributed by atoms with van der Waals surface area (Å²) < 4.78 is 10.4. The van der Waals surface area contributed by atoms with Crippen LogP contribution in [0.25, 0.3) is 11.1 Å². The fraction of sp³-hybridized carbons (Fsp3) is 0.400. The predicted octanol–water partition coefficient (Wildman–Crippen LogP) is 3.18. The van der Waals surface area contributed by atoms with Gasteiger partial charge in [0.25, 0.3) is 11.1 Å². The molecule has 1 aromatic heterocycles. The van der Waals surface area contributed by atoms with Crippen LogP contribution in [0.1, 0.15) is 32.1 Å². The number of carbonyl (C=O) groups is 3. The van der Waals surface area contributed by atoms with E-state index in [1.165, 1.54) is 18.4 Å². The number of ether oxygens (including phenoxy) is 1. The molecule has 1 aliphatic rings. The fourth-order valence-electron chi connectivity index (χ4n) is 2.90. The van der Waals surface area contributed by atoms with Crippen LogP contribution in [0.2, 0.25) is 0 Å². The minimum atomic E-state index is -0.681. The van der Waals surface area contributed by atoms with Gasteiger partial charge >= 0.3 is 12.0 Å². The Morgan fingerprint density at radius 1 is 1.21 bits per heavy atom. The van der Waals surface area contributed by atoms with Crippen molar-refractivity contribution in [2.45, 2.75) is 37.3 Å². The molecule has 0 fully saturated rings. The topological polar surface area (TPSA) is 111 Å². The second-order valence-electron chi connectivity index (χ2n) is 6.56. The van der Waals surface area contributed by atoms with Gasteiger partial charge in [0, 0.05) is 6.54 Å². The van der Waals surface area contributed by atoms with Gasteiger partial charge in [0.15, 0.2) is 12.2 Å². The van der Waals surface area contributed by atoms with Crippen molar-refractivity contribution < 1.29 is 23.5 Å². The van der Waals surface area contributed by atoms with Crippen molar-refractivity contribution in [1.29, 1.82) is 0 Å². The van der Waals surface area contributed by atoms with E-state index in [9.17, 15) is 14.4 Å². The van der Waals surface area contributed by atoms with E-state index in [4.69, 9.17) is 9.15 Å². The lowest BCUT2D eigenvalue weighted by atomic mass is 9.97. The van der Waals surface area contributed by atoms with Crippen LogP contribution in [0.15, 0.2) is 45.6 Å². The first-order chi connectivity index (χ1) is 14.1. The second kappa shape index (κ2) is 10.7. The van der Waals surface area contributed by atoms with Gasteiger partial charge in [0.1, 0.15) is 11.3 Å². The molecule has 29 heavy (non-hydrogen) atoms. The molecule has 154 valence electrons. The second-order valence-corrected chi connectivity index (χ2v) is 7.49. The number of oxazole rings is 1. The van der Waals surface area contributed by atoms with Gasteiger partial charge in [0.05, 0.1) is 0 Å². The van der Waals surface area contributed by atoms with Gasteiger partial charge in [0.2, 0.25) is 0 Å². The van der Waals surface area contributed by atoms with Crippen molar-refractivity contribution in [2.75, 3.05) is 18.9 Å². The van der Waals surface area contributed by atoms with Crippen LogP contribution in [0.4, 0.5) is 4.79 Å². The standard InChI is InChI=1S/C20H23N3O5S/c24-17(23-19(26)21-11-10-14-6-2-1-3-7-14)12-27-18(25)13-29-20-22-15-8-4-5-9-16(15)28-20/h4-6,8-9H,1-3,7,10-13H2,(H2,21,23,24,26). The van der Waals surface area contributed by atoms with E-state index in [1.807, 2.05) is 18.2 Å². The Kier molecular flexibility index (Phi) is 7.69. The summed E-state index contributed by atoms with van der Waals surface area (Å²) in [7, 11) is 0. The molecule has 0 saturated heterocycles. The molecular weight excluding hydrogens is 394 g/mol. The summed E-state index contributed by atoms with van der Waals surface area (Å²) in [6.45, 7) is -0.0581. The molecule has 0 unspecified atom stereocenters. The molecule has 8 nitrogen and oxygen atoms in total. The van der Waals surface area contributed by atoms with Gasteiger partial charge in [-0.2, -0.15) is 0 Å². The molecule has 0 aliphatic heterocycles. The van der Waals surface area contributed by atoms with E-state index < -0.39 is 24.5 Å². The molecule has 2 aromatic rings. The van der Waals surface area contributed by atoms with E-state index in [1.54, 1.807) is 6.07 Å². The molecule has 0 spiro atoms. The van der Waals surface area contributed by atoms with Crippen molar-refractivity contribution in [3.05, 3.63) is 35.9 Å². The number of aromatic nitrogens is 1. The van der Waals surface area contributed by atoms with E-state index in [2.05, 4.69) is 21.7 Å². The van der Waals surface area contributed by atoms with Gasteiger partial charge in [-0.25, -0.2) is 9.78 Å². The van der Waals surface area contributed by atoms with Crippen molar-refractivity contribution in [1.82, 2.24) is 15.6 Å². The first-order valence-corrected chi connectivity index (χ1v) is 10.5. The maximum absolute atomic E-state index is 11.8. The number of nitrogens with one attached hydrogen (secondary N) is 2. The smallest absolute Gasteiger partial charge is 0.321 e. The highest BCUT2D eigenvalue weighted by Gasteiger charge is 2.13. The average molecular weight is 417 g/mol. The van der Waals surface area contributed by atoms with Crippen LogP contribution in [-0.2, 0) is 14.3 Å². The number of carbonyl (C=O) groups excluding carboxylic acids is 3. The number of amides is 3. The number of esters is 1. The first-order valence-electron chi connectivity index (χ1n) is 9.50. The summed E-state index contributed by atoms with van der Waals surface area (Å²) in [5.41, 5.74) is 2.68. The van der Waals surface area contributed by atoms with Gasteiger partial charge in [-0.3, -0.25) is 14.9 Å². The third kappa shape index (κ3) is 6.94. The number of imide groups is 1. The fourth-order valence-corrected chi connectivity index (χ4v) is 3.53. The molecule has 1 aromatic carbocycles. The van der Waals surface area contributed by atoms with Crippen molar-refractivity contribution in [2.24, 2.45) is 0 Å². The molecule has 1 aliphatic carbocycles. The Bertz CT molecular complexity index is 875. The third-order valence-electron chi connectivity index (χ3n) is 4.32. The number of urea groups is 1. The number of para-hydroxylation sites is 2.